The molecule has 3 atom stereocenters. The van der Waals surface area contributed by atoms with E-state index in [2.05, 4.69) is 69.4 Å². The molecule has 0 spiro atoms. The molecule has 0 aromatic rings. The number of carbonyl (C=O) groups is 3. The summed E-state index contributed by atoms with van der Waals surface area (Å²) >= 11 is 0. The van der Waals surface area contributed by atoms with Crippen molar-refractivity contribution in [2.24, 2.45) is 0 Å². The lowest BCUT2D eigenvalue weighted by molar-refractivity contribution is -0.161. The van der Waals surface area contributed by atoms with E-state index >= 15 is 0 Å². The smallest absolute Gasteiger partial charge is 0.462 e. The first kappa shape index (κ1) is 68.9. The van der Waals surface area contributed by atoms with Crippen LogP contribution in [0.15, 0.2) is 72.9 Å². The van der Waals surface area contributed by atoms with Crippen molar-refractivity contribution in [2.45, 2.75) is 264 Å². The lowest BCUT2D eigenvalue weighted by Gasteiger charge is -2.21. The third-order valence-corrected chi connectivity index (χ3v) is 13.1. The fraction of sp³-hybridized carbons (Fsp3) is 0.750. The lowest BCUT2D eigenvalue weighted by atomic mass is 10.0. The Morgan fingerprint density at radius 2 is 0.778 bits per heavy atom. The van der Waals surface area contributed by atoms with Crippen LogP contribution in [-0.4, -0.2) is 66.5 Å². The zero-order valence-corrected chi connectivity index (χ0v) is 46.8. The Labute approximate surface area is 439 Å². The van der Waals surface area contributed by atoms with Crippen LogP contribution in [0.2, 0.25) is 0 Å². The molecule has 0 aromatic heterocycles. The highest BCUT2D eigenvalue weighted by molar-refractivity contribution is 7.47. The summed E-state index contributed by atoms with van der Waals surface area (Å²) in [7, 11) is -4.77. The summed E-state index contributed by atoms with van der Waals surface area (Å²) in [6, 6.07) is 0. The first-order valence-electron chi connectivity index (χ1n) is 28.8. The van der Waals surface area contributed by atoms with E-state index in [1.165, 1.54) is 116 Å². The molecule has 0 heterocycles. The van der Waals surface area contributed by atoms with Gasteiger partial charge in [-0.15, -0.1) is 0 Å². The van der Waals surface area contributed by atoms with E-state index in [1.807, 2.05) is 18.2 Å². The van der Waals surface area contributed by atoms with Crippen LogP contribution in [0.4, 0.5) is 0 Å². The number of hydrogen-bond donors (Lipinski definition) is 2. The normalized spacial score (nSPS) is 13.9. The highest BCUT2D eigenvalue weighted by Gasteiger charge is 2.28. The molecule has 0 aliphatic heterocycles. The van der Waals surface area contributed by atoms with Gasteiger partial charge in [0.15, 0.2) is 6.10 Å². The molecular weight excluding hydrogens is 928 g/mol. The number of rotatable bonds is 53. The van der Waals surface area contributed by atoms with Gasteiger partial charge in [0.2, 0.25) is 0 Å². The topological polar surface area (TPSA) is 155 Å². The lowest BCUT2D eigenvalue weighted by Crippen LogP contribution is -2.30. The number of esters is 3. The fourth-order valence-corrected chi connectivity index (χ4v) is 8.56. The highest BCUT2D eigenvalue weighted by Crippen LogP contribution is 2.43. The highest BCUT2D eigenvalue weighted by atomic mass is 31.2. The van der Waals surface area contributed by atoms with Gasteiger partial charge < -0.3 is 24.2 Å². The van der Waals surface area contributed by atoms with Crippen molar-refractivity contribution < 1.29 is 52.2 Å². The second-order valence-corrected chi connectivity index (χ2v) is 20.5. The SMILES string of the molecule is CC/C=C\C/C=C\C/C=C\C/C=C\C/C=C\CC(=O)OC(CO)COP(=O)(O)OCC(COC(=O)CCCCCCCCCCCCCCC)OC(=O)CCCCCCCCC/C=C\CCCCCCCC. The zero-order valence-electron chi connectivity index (χ0n) is 45.9. The minimum absolute atomic E-state index is 0.0556. The van der Waals surface area contributed by atoms with E-state index in [-0.39, 0.29) is 25.9 Å². The third-order valence-electron chi connectivity index (χ3n) is 12.1. The summed E-state index contributed by atoms with van der Waals surface area (Å²) in [6.45, 7) is 4.43. The third kappa shape index (κ3) is 51.8. The van der Waals surface area contributed by atoms with Crippen LogP contribution >= 0.6 is 7.82 Å². The van der Waals surface area contributed by atoms with Gasteiger partial charge in [0.25, 0.3) is 0 Å². The first-order chi connectivity index (χ1) is 35.2. The number of unbranched alkanes of at least 4 members (excludes halogenated alkanes) is 25. The first-order valence-corrected chi connectivity index (χ1v) is 30.3. The molecule has 0 aromatic carbocycles. The van der Waals surface area contributed by atoms with E-state index in [9.17, 15) is 28.9 Å². The number of phosphoric acid groups is 1. The summed E-state index contributed by atoms with van der Waals surface area (Å²) in [4.78, 5) is 48.4. The summed E-state index contributed by atoms with van der Waals surface area (Å²) in [5.74, 6) is -1.60. The van der Waals surface area contributed by atoms with Crippen LogP contribution in [0, 0.1) is 0 Å². The second-order valence-electron chi connectivity index (χ2n) is 19.1. The molecule has 3 unspecified atom stereocenters. The van der Waals surface area contributed by atoms with Crippen LogP contribution in [0.3, 0.4) is 0 Å². The number of hydrogen-bond acceptors (Lipinski definition) is 10. The number of phosphoric ester groups is 1. The summed E-state index contributed by atoms with van der Waals surface area (Å²) in [6.07, 6.45) is 60.3. The molecule has 11 nitrogen and oxygen atoms in total. The number of carbonyl (C=O) groups excluding carboxylic acids is 3. The van der Waals surface area contributed by atoms with Crippen LogP contribution in [0.25, 0.3) is 0 Å². The van der Waals surface area contributed by atoms with E-state index in [1.54, 1.807) is 6.08 Å². The van der Waals surface area contributed by atoms with Gasteiger partial charge in [-0.3, -0.25) is 23.4 Å². The number of allylic oxidation sites excluding steroid dienone is 11. The Bertz CT molecular complexity index is 1490. The number of ether oxygens (including phenoxy) is 3. The molecule has 12 heteroatoms. The molecule has 0 bridgehead atoms. The minimum atomic E-state index is -4.77. The van der Waals surface area contributed by atoms with Crippen molar-refractivity contribution in [2.75, 3.05) is 26.4 Å². The van der Waals surface area contributed by atoms with Crippen molar-refractivity contribution in [1.29, 1.82) is 0 Å². The van der Waals surface area contributed by atoms with E-state index in [0.717, 1.165) is 77.0 Å². The minimum Gasteiger partial charge on any atom is -0.462 e. The maximum Gasteiger partial charge on any atom is 0.472 e. The van der Waals surface area contributed by atoms with Crippen LogP contribution in [0.1, 0.15) is 252 Å². The Kier molecular flexibility index (Phi) is 51.9. The predicted octanol–water partition coefficient (Wildman–Crippen LogP) is 16.9. The molecule has 0 radical (unpaired) electrons. The summed E-state index contributed by atoms with van der Waals surface area (Å²) in [5, 5.41) is 9.79. The quantitative estimate of drug-likeness (QED) is 0.0197. The second kappa shape index (κ2) is 54.2. The summed E-state index contributed by atoms with van der Waals surface area (Å²) in [5.41, 5.74) is 0. The van der Waals surface area contributed by atoms with E-state index in [4.69, 9.17) is 23.3 Å². The maximum atomic E-state index is 12.9. The van der Waals surface area contributed by atoms with Gasteiger partial charge in [-0.1, -0.05) is 235 Å². The largest absolute Gasteiger partial charge is 0.472 e. The predicted molar refractivity (Wildman–Crippen MR) is 298 cm³/mol. The molecule has 0 amide bonds. The number of aliphatic hydroxyl groups is 1. The average molecular weight is 1030 g/mol. The van der Waals surface area contributed by atoms with Gasteiger partial charge in [0, 0.05) is 12.8 Å². The molecule has 0 rings (SSSR count). The van der Waals surface area contributed by atoms with Gasteiger partial charge in [0.05, 0.1) is 26.2 Å². The Morgan fingerprint density at radius 3 is 1.21 bits per heavy atom. The molecule has 72 heavy (non-hydrogen) atoms. The standard InChI is InChI=1S/C60H105O11P/c1-4-7-10-13-16-19-22-25-27-28-30-33-36-39-42-45-48-51-60(64)71-57(53-67-58(62)49-46-43-40-37-34-31-24-21-18-15-12-9-6-3)55-69-72(65,66)68-54-56(52-61)70-59(63)50-47-44-41-38-35-32-29-26-23-20-17-14-11-8-5-2/h8,11,17,20,25-27,29,35,38,44,47,56-57,61H,4-7,9-10,12-16,18-19,21-24,28,30-34,36-37,39-43,45-46,48-55H2,1-3H3,(H,65,66)/b11-8-,20-17-,27-25-,29-26-,38-35-,47-44-. The molecule has 416 valence electrons. The van der Waals surface area contributed by atoms with Gasteiger partial charge >= 0.3 is 25.7 Å². The van der Waals surface area contributed by atoms with Gasteiger partial charge in [0.1, 0.15) is 12.7 Å². The van der Waals surface area contributed by atoms with Crippen molar-refractivity contribution in [1.82, 2.24) is 0 Å². The maximum absolute atomic E-state index is 12.9. The van der Waals surface area contributed by atoms with Crippen LogP contribution in [-0.2, 0) is 42.2 Å². The molecule has 2 N–H and O–H groups in total. The van der Waals surface area contributed by atoms with Crippen molar-refractivity contribution in [3.8, 4) is 0 Å². The summed E-state index contributed by atoms with van der Waals surface area (Å²) < 4.78 is 39.4. The van der Waals surface area contributed by atoms with Crippen molar-refractivity contribution in [3.63, 3.8) is 0 Å². The molecule has 0 aliphatic carbocycles. The Balaban J connectivity index is 4.79. The monoisotopic (exact) mass is 1030 g/mol. The van der Waals surface area contributed by atoms with Crippen molar-refractivity contribution >= 4 is 25.7 Å². The molecule has 0 aliphatic rings. The molecule has 0 saturated carbocycles. The van der Waals surface area contributed by atoms with Gasteiger partial charge in [-0.25, -0.2) is 4.57 Å². The van der Waals surface area contributed by atoms with E-state index < -0.39 is 57.8 Å². The molecule has 0 fully saturated rings. The van der Waals surface area contributed by atoms with Gasteiger partial charge in [-0.2, -0.15) is 0 Å². The molecule has 0 saturated heterocycles. The average Bonchev–Trinajstić information content (AvgIpc) is 3.37. The number of aliphatic hydroxyl groups excluding tert-OH is 1. The van der Waals surface area contributed by atoms with Crippen LogP contribution in [0.5, 0.6) is 0 Å². The van der Waals surface area contributed by atoms with Gasteiger partial charge in [-0.05, 0) is 70.6 Å². The van der Waals surface area contributed by atoms with E-state index in [0.29, 0.717) is 19.3 Å². The zero-order chi connectivity index (χ0) is 52.7. The van der Waals surface area contributed by atoms with Crippen LogP contribution < -0.4 is 0 Å². The Morgan fingerprint density at radius 1 is 0.417 bits per heavy atom. The Hall–Kier alpha value is -3.08. The fourth-order valence-electron chi connectivity index (χ4n) is 7.78. The van der Waals surface area contributed by atoms with Crippen molar-refractivity contribution in [3.05, 3.63) is 72.9 Å². The molecular formula is C60H105O11P.